The smallest absolute Gasteiger partial charge is 0.273 e. The van der Waals surface area contributed by atoms with Gasteiger partial charge in [-0.1, -0.05) is 0 Å². The Hall–Kier alpha value is -2.30. The number of rotatable bonds is 4. The summed E-state index contributed by atoms with van der Waals surface area (Å²) in [6.07, 6.45) is 0.555. The average Bonchev–Trinajstić information content (AvgIpc) is 3.05. The van der Waals surface area contributed by atoms with E-state index in [2.05, 4.69) is 10.3 Å². The van der Waals surface area contributed by atoms with Crippen LogP contribution in [-0.2, 0) is 14.8 Å². The summed E-state index contributed by atoms with van der Waals surface area (Å²) in [5.74, 6) is -0.391. The lowest BCUT2D eigenvalue weighted by atomic mass is 10.3. The SMILES string of the molecule is CC(=O)Nc1ccc(S(=O)(=O)N2CCCN(C(=O)c3cscn3)CC2)cc1. The highest BCUT2D eigenvalue weighted by Crippen LogP contribution is 2.20. The summed E-state index contributed by atoms with van der Waals surface area (Å²) in [6.45, 7) is 2.77. The molecule has 2 amide bonds. The lowest BCUT2D eigenvalue weighted by Crippen LogP contribution is -2.37. The minimum absolute atomic E-state index is 0.163. The van der Waals surface area contributed by atoms with Crippen molar-refractivity contribution in [3.05, 3.63) is 40.8 Å². The number of carbonyl (C=O) groups is 2. The summed E-state index contributed by atoms with van der Waals surface area (Å²) < 4.78 is 27.2. The maximum absolute atomic E-state index is 12.9. The summed E-state index contributed by atoms with van der Waals surface area (Å²) in [4.78, 5) is 29.3. The number of carbonyl (C=O) groups excluding carboxylic acids is 2. The van der Waals surface area contributed by atoms with E-state index in [0.29, 0.717) is 37.4 Å². The lowest BCUT2D eigenvalue weighted by molar-refractivity contribution is -0.114. The zero-order valence-electron chi connectivity index (χ0n) is 14.8. The van der Waals surface area contributed by atoms with E-state index in [9.17, 15) is 18.0 Å². The predicted molar refractivity (Wildman–Crippen MR) is 102 cm³/mol. The van der Waals surface area contributed by atoms with E-state index in [1.165, 1.54) is 34.7 Å². The van der Waals surface area contributed by atoms with E-state index in [1.54, 1.807) is 27.9 Å². The number of nitrogens with one attached hydrogen (secondary N) is 1. The van der Waals surface area contributed by atoms with Gasteiger partial charge in [0, 0.05) is 44.2 Å². The predicted octanol–water partition coefficient (Wildman–Crippen LogP) is 1.64. The van der Waals surface area contributed by atoms with E-state index in [0.717, 1.165) is 0 Å². The van der Waals surface area contributed by atoms with Gasteiger partial charge in [0.25, 0.3) is 5.91 Å². The van der Waals surface area contributed by atoms with Crippen molar-refractivity contribution < 1.29 is 18.0 Å². The first-order valence-electron chi connectivity index (χ1n) is 8.43. The van der Waals surface area contributed by atoms with Gasteiger partial charge in [-0.05, 0) is 30.7 Å². The Kier molecular flexibility index (Phi) is 5.88. The van der Waals surface area contributed by atoms with E-state index in [-0.39, 0.29) is 23.3 Å². The van der Waals surface area contributed by atoms with Crippen LogP contribution < -0.4 is 5.32 Å². The van der Waals surface area contributed by atoms with E-state index >= 15 is 0 Å². The first-order chi connectivity index (χ1) is 12.9. The highest BCUT2D eigenvalue weighted by Gasteiger charge is 2.29. The molecule has 1 aliphatic heterocycles. The number of sulfonamides is 1. The quantitative estimate of drug-likeness (QED) is 0.829. The van der Waals surface area contributed by atoms with Gasteiger partial charge in [-0.25, -0.2) is 13.4 Å². The number of nitrogens with zero attached hydrogens (tertiary/aromatic N) is 3. The molecular weight excluding hydrogens is 388 g/mol. The molecule has 1 aromatic carbocycles. The van der Waals surface area contributed by atoms with Crippen LogP contribution in [0.25, 0.3) is 0 Å². The second-order valence-electron chi connectivity index (χ2n) is 6.13. The molecule has 0 saturated carbocycles. The summed E-state index contributed by atoms with van der Waals surface area (Å²) in [6, 6.07) is 6.07. The molecule has 0 unspecified atom stereocenters. The molecule has 144 valence electrons. The van der Waals surface area contributed by atoms with Crippen molar-refractivity contribution in [2.45, 2.75) is 18.2 Å². The van der Waals surface area contributed by atoms with Crippen LogP contribution in [-0.4, -0.2) is 60.6 Å². The van der Waals surface area contributed by atoms with Crippen molar-refractivity contribution in [3.8, 4) is 0 Å². The van der Waals surface area contributed by atoms with Crippen LogP contribution in [0, 0.1) is 0 Å². The van der Waals surface area contributed by atoms with Crippen LogP contribution >= 0.6 is 11.3 Å². The van der Waals surface area contributed by atoms with Crippen molar-refractivity contribution in [1.29, 1.82) is 0 Å². The van der Waals surface area contributed by atoms with E-state index < -0.39 is 10.0 Å². The highest BCUT2D eigenvalue weighted by molar-refractivity contribution is 7.89. The molecular formula is C17H20N4O4S2. The molecule has 2 aromatic rings. The zero-order chi connectivity index (χ0) is 19.4. The van der Waals surface area contributed by atoms with Crippen molar-refractivity contribution in [2.24, 2.45) is 0 Å². The van der Waals surface area contributed by atoms with Crippen molar-refractivity contribution in [1.82, 2.24) is 14.2 Å². The van der Waals surface area contributed by atoms with Crippen molar-refractivity contribution in [2.75, 3.05) is 31.5 Å². The van der Waals surface area contributed by atoms with Crippen LogP contribution in [0.4, 0.5) is 5.69 Å². The zero-order valence-corrected chi connectivity index (χ0v) is 16.4. The fourth-order valence-electron chi connectivity index (χ4n) is 2.88. The van der Waals surface area contributed by atoms with Gasteiger partial charge >= 0.3 is 0 Å². The summed E-state index contributed by atoms with van der Waals surface area (Å²) in [7, 11) is -3.66. The number of anilines is 1. The Morgan fingerprint density at radius 1 is 1.11 bits per heavy atom. The second kappa shape index (κ2) is 8.15. The summed E-state index contributed by atoms with van der Waals surface area (Å²) in [5.41, 5.74) is 2.54. The molecule has 0 bridgehead atoms. The largest absolute Gasteiger partial charge is 0.336 e. The van der Waals surface area contributed by atoms with Gasteiger partial charge in [0.05, 0.1) is 10.4 Å². The highest BCUT2D eigenvalue weighted by atomic mass is 32.2. The van der Waals surface area contributed by atoms with E-state index in [1.807, 2.05) is 0 Å². The minimum Gasteiger partial charge on any atom is -0.336 e. The molecule has 1 aromatic heterocycles. The number of aromatic nitrogens is 1. The molecule has 0 aliphatic carbocycles. The van der Waals surface area contributed by atoms with Gasteiger partial charge in [-0.2, -0.15) is 4.31 Å². The van der Waals surface area contributed by atoms with Crippen LogP contribution in [0.2, 0.25) is 0 Å². The third-order valence-electron chi connectivity index (χ3n) is 4.21. The van der Waals surface area contributed by atoms with Crippen LogP contribution in [0.1, 0.15) is 23.8 Å². The molecule has 1 aliphatic rings. The molecule has 10 heteroatoms. The molecule has 0 radical (unpaired) electrons. The van der Waals surface area contributed by atoms with Gasteiger partial charge < -0.3 is 10.2 Å². The topological polar surface area (TPSA) is 99.7 Å². The van der Waals surface area contributed by atoms with Crippen molar-refractivity contribution in [3.63, 3.8) is 0 Å². The number of benzene rings is 1. The first kappa shape index (κ1) is 19.5. The summed E-state index contributed by atoms with van der Waals surface area (Å²) in [5, 5.41) is 4.30. The normalized spacial score (nSPS) is 16.0. The van der Waals surface area contributed by atoms with Crippen LogP contribution in [0.3, 0.4) is 0 Å². The fourth-order valence-corrected chi connectivity index (χ4v) is 4.88. The lowest BCUT2D eigenvalue weighted by Gasteiger charge is -2.21. The Balaban J connectivity index is 1.70. The maximum Gasteiger partial charge on any atom is 0.273 e. The number of thiazole rings is 1. The number of hydrogen-bond acceptors (Lipinski definition) is 6. The molecule has 0 atom stereocenters. The third kappa shape index (κ3) is 4.52. The monoisotopic (exact) mass is 408 g/mol. The standard InChI is InChI=1S/C17H20N4O4S2/c1-13(22)19-14-3-5-15(6-4-14)27(24,25)21-8-2-7-20(9-10-21)17(23)16-11-26-12-18-16/h3-6,11-12H,2,7-10H2,1H3,(H,19,22). The average molecular weight is 409 g/mol. The Labute approximate surface area is 161 Å². The second-order valence-corrected chi connectivity index (χ2v) is 8.79. The molecule has 1 saturated heterocycles. The van der Waals surface area contributed by atoms with Gasteiger partial charge in [0.1, 0.15) is 5.69 Å². The minimum atomic E-state index is -3.66. The van der Waals surface area contributed by atoms with Gasteiger partial charge in [0.15, 0.2) is 0 Å². The Bertz CT molecular complexity index is 911. The van der Waals surface area contributed by atoms with Crippen LogP contribution in [0.5, 0.6) is 0 Å². The molecule has 8 nitrogen and oxygen atoms in total. The number of amides is 2. The fraction of sp³-hybridized carbons (Fsp3) is 0.353. The summed E-state index contributed by atoms with van der Waals surface area (Å²) >= 11 is 1.35. The third-order valence-corrected chi connectivity index (χ3v) is 6.71. The molecule has 1 fully saturated rings. The van der Waals surface area contributed by atoms with Crippen molar-refractivity contribution >= 4 is 38.9 Å². The number of hydrogen-bond donors (Lipinski definition) is 1. The maximum atomic E-state index is 12.9. The van der Waals surface area contributed by atoms with Gasteiger partial charge in [-0.15, -0.1) is 11.3 Å². The molecule has 1 N–H and O–H groups in total. The molecule has 2 heterocycles. The first-order valence-corrected chi connectivity index (χ1v) is 10.8. The van der Waals surface area contributed by atoms with Gasteiger partial charge in [-0.3, -0.25) is 9.59 Å². The Morgan fingerprint density at radius 3 is 2.48 bits per heavy atom. The molecule has 3 rings (SSSR count). The van der Waals surface area contributed by atoms with E-state index in [4.69, 9.17) is 0 Å². The van der Waals surface area contributed by atoms with Gasteiger partial charge in [0.2, 0.25) is 15.9 Å². The Morgan fingerprint density at radius 2 is 1.85 bits per heavy atom. The molecule has 0 spiro atoms. The van der Waals surface area contributed by atoms with Crippen LogP contribution in [0.15, 0.2) is 40.1 Å². The molecule has 27 heavy (non-hydrogen) atoms.